The van der Waals surface area contributed by atoms with Crippen molar-refractivity contribution in [3.8, 4) is 0 Å². The Morgan fingerprint density at radius 2 is 2.11 bits per heavy atom. The van der Waals surface area contributed by atoms with Gasteiger partial charge in [-0.25, -0.2) is 9.97 Å². The number of nitrogens with one attached hydrogen (secondary N) is 2. The number of pyridine rings is 1. The van der Waals surface area contributed by atoms with Gasteiger partial charge in [0.2, 0.25) is 0 Å². The molecule has 0 radical (unpaired) electrons. The number of hydrogen-bond acceptors (Lipinski definition) is 5. The summed E-state index contributed by atoms with van der Waals surface area (Å²) in [7, 11) is -3.67. The van der Waals surface area contributed by atoms with Crippen molar-refractivity contribution < 1.29 is 8.42 Å². The molecule has 0 aliphatic heterocycles. The second-order valence-electron chi connectivity index (χ2n) is 3.69. The van der Waals surface area contributed by atoms with Crippen LogP contribution >= 0.6 is 0 Å². The fraction of sp³-hybridized carbons (Fsp3) is 0.200. The summed E-state index contributed by atoms with van der Waals surface area (Å²) in [6, 6.07) is 3.27. The summed E-state index contributed by atoms with van der Waals surface area (Å²) in [5, 5.41) is 0.00435. The normalized spacial score (nSPS) is 11.4. The monoisotopic (exact) mass is 267 g/mol. The number of imidazole rings is 1. The average molecular weight is 267 g/mol. The lowest BCUT2D eigenvalue weighted by molar-refractivity contribution is 0.598. The Balaban J connectivity index is 2.22. The van der Waals surface area contributed by atoms with Gasteiger partial charge in [-0.1, -0.05) is 6.07 Å². The molecule has 4 N–H and O–H groups in total. The first kappa shape index (κ1) is 12.5. The van der Waals surface area contributed by atoms with Gasteiger partial charge in [-0.05, 0) is 18.6 Å². The van der Waals surface area contributed by atoms with Crippen LogP contribution in [0.2, 0.25) is 0 Å². The Labute approximate surface area is 105 Å². The third-order valence-electron chi connectivity index (χ3n) is 2.27. The van der Waals surface area contributed by atoms with Gasteiger partial charge in [0, 0.05) is 12.7 Å². The van der Waals surface area contributed by atoms with E-state index in [0.717, 1.165) is 5.56 Å². The molecule has 2 aromatic rings. The molecule has 0 atom stereocenters. The van der Waals surface area contributed by atoms with E-state index in [9.17, 15) is 8.42 Å². The van der Waals surface area contributed by atoms with Gasteiger partial charge in [0.25, 0.3) is 10.0 Å². The second kappa shape index (κ2) is 4.75. The lowest BCUT2D eigenvalue weighted by Crippen LogP contribution is -2.14. The van der Waals surface area contributed by atoms with E-state index in [2.05, 4.69) is 19.7 Å². The summed E-state index contributed by atoms with van der Waals surface area (Å²) in [6.07, 6.45) is 2.78. The summed E-state index contributed by atoms with van der Waals surface area (Å²) in [6.45, 7) is 2.03. The number of aryl methyl sites for hydroxylation is 1. The lowest BCUT2D eigenvalue weighted by Gasteiger charge is -2.05. The summed E-state index contributed by atoms with van der Waals surface area (Å²) in [5.41, 5.74) is 6.26. The molecule has 0 amide bonds. The van der Waals surface area contributed by atoms with Gasteiger partial charge in [-0.3, -0.25) is 4.72 Å². The maximum atomic E-state index is 11.9. The zero-order valence-corrected chi connectivity index (χ0v) is 10.5. The van der Waals surface area contributed by atoms with E-state index < -0.39 is 10.0 Å². The predicted molar refractivity (Wildman–Crippen MR) is 66.3 cm³/mol. The minimum absolute atomic E-state index is 0.00435. The van der Waals surface area contributed by atoms with E-state index in [-0.39, 0.29) is 10.8 Å². The number of anilines is 1. The molecule has 0 fully saturated rings. The van der Waals surface area contributed by atoms with Gasteiger partial charge < -0.3 is 10.7 Å². The van der Waals surface area contributed by atoms with Gasteiger partial charge in [-0.15, -0.1) is 0 Å². The smallest absolute Gasteiger partial charge is 0.280 e. The maximum absolute atomic E-state index is 11.9. The van der Waals surface area contributed by atoms with Gasteiger partial charge in [0.1, 0.15) is 11.6 Å². The molecule has 96 valence electrons. The van der Waals surface area contributed by atoms with Crippen LogP contribution in [0.4, 0.5) is 5.82 Å². The van der Waals surface area contributed by atoms with Gasteiger partial charge in [0.05, 0.1) is 6.20 Å². The number of aromatic nitrogens is 3. The minimum atomic E-state index is -3.67. The Hall–Kier alpha value is -1.93. The van der Waals surface area contributed by atoms with Crippen LogP contribution in [0.3, 0.4) is 0 Å². The van der Waals surface area contributed by atoms with Crippen LogP contribution in [-0.2, 0) is 16.6 Å². The van der Waals surface area contributed by atoms with Gasteiger partial charge in [-0.2, -0.15) is 8.42 Å². The SMILES string of the molecule is Cc1ncc(S(=O)(=O)Nc2ccc(CN)cn2)[nH]1. The van der Waals surface area contributed by atoms with Crippen molar-refractivity contribution in [2.75, 3.05) is 4.72 Å². The first-order valence-electron chi connectivity index (χ1n) is 5.21. The predicted octanol–water partition coefficient (Wildman–Crippen LogP) is 0.373. The minimum Gasteiger partial charge on any atom is -0.332 e. The molecule has 0 aliphatic carbocycles. The fourth-order valence-electron chi connectivity index (χ4n) is 1.33. The van der Waals surface area contributed by atoms with Crippen molar-refractivity contribution in [1.29, 1.82) is 0 Å². The van der Waals surface area contributed by atoms with Crippen LogP contribution in [0, 0.1) is 6.92 Å². The molecule has 0 aromatic carbocycles. The highest BCUT2D eigenvalue weighted by molar-refractivity contribution is 7.92. The molecule has 18 heavy (non-hydrogen) atoms. The molecular weight excluding hydrogens is 254 g/mol. The van der Waals surface area contributed by atoms with Crippen molar-refractivity contribution in [3.05, 3.63) is 35.9 Å². The molecule has 0 saturated heterocycles. The van der Waals surface area contributed by atoms with Crippen LogP contribution in [0.1, 0.15) is 11.4 Å². The van der Waals surface area contributed by atoms with Crippen molar-refractivity contribution in [1.82, 2.24) is 15.0 Å². The fourth-order valence-corrected chi connectivity index (χ4v) is 2.31. The second-order valence-corrected chi connectivity index (χ2v) is 5.34. The number of nitrogens with two attached hydrogens (primary N) is 1. The van der Waals surface area contributed by atoms with E-state index in [1.807, 2.05) is 0 Å². The number of aromatic amines is 1. The highest BCUT2D eigenvalue weighted by Gasteiger charge is 2.16. The van der Waals surface area contributed by atoms with E-state index in [1.165, 1.54) is 12.4 Å². The molecule has 0 bridgehead atoms. The number of nitrogens with zero attached hydrogens (tertiary/aromatic N) is 2. The molecule has 0 spiro atoms. The summed E-state index contributed by atoms with van der Waals surface area (Å²) in [4.78, 5) is 10.5. The van der Waals surface area contributed by atoms with E-state index in [4.69, 9.17) is 5.73 Å². The summed E-state index contributed by atoms with van der Waals surface area (Å²) >= 11 is 0. The van der Waals surface area contributed by atoms with Crippen LogP contribution < -0.4 is 10.5 Å². The molecule has 2 rings (SSSR count). The van der Waals surface area contributed by atoms with E-state index in [0.29, 0.717) is 12.4 Å². The van der Waals surface area contributed by atoms with Gasteiger partial charge in [0.15, 0.2) is 5.03 Å². The van der Waals surface area contributed by atoms with Crippen molar-refractivity contribution >= 4 is 15.8 Å². The summed E-state index contributed by atoms with van der Waals surface area (Å²) in [5.74, 6) is 0.765. The third-order valence-corrected chi connectivity index (χ3v) is 3.53. The third kappa shape index (κ3) is 2.66. The van der Waals surface area contributed by atoms with Gasteiger partial charge >= 0.3 is 0 Å². The molecule has 7 nitrogen and oxygen atoms in total. The van der Waals surface area contributed by atoms with Crippen molar-refractivity contribution in [2.45, 2.75) is 18.5 Å². The van der Waals surface area contributed by atoms with Crippen molar-refractivity contribution in [3.63, 3.8) is 0 Å². The Morgan fingerprint density at radius 1 is 1.33 bits per heavy atom. The Bertz CT molecular complexity index is 633. The first-order valence-corrected chi connectivity index (χ1v) is 6.69. The zero-order chi connectivity index (χ0) is 13.2. The molecule has 0 unspecified atom stereocenters. The number of hydrogen-bond donors (Lipinski definition) is 3. The molecule has 8 heteroatoms. The van der Waals surface area contributed by atoms with Crippen molar-refractivity contribution in [2.24, 2.45) is 5.73 Å². The highest BCUT2D eigenvalue weighted by atomic mass is 32.2. The highest BCUT2D eigenvalue weighted by Crippen LogP contribution is 2.12. The molecule has 0 saturated carbocycles. The number of rotatable bonds is 4. The zero-order valence-electron chi connectivity index (χ0n) is 9.71. The largest absolute Gasteiger partial charge is 0.332 e. The number of sulfonamides is 1. The quantitative estimate of drug-likeness (QED) is 0.740. The van der Waals surface area contributed by atoms with Crippen LogP contribution in [-0.4, -0.2) is 23.4 Å². The molecule has 2 aromatic heterocycles. The molecular formula is C10H13N5O2S. The standard InChI is InChI=1S/C10H13N5O2S/c1-7-12-6-10(14-7)18(16,17)15-9-3-2-8(4-11)5-13-9/h2-3,5-6H,4,11H2,1H3,(H,12,14)(H,13,15). The average Bonchev–Trinajstić information content (AvgIpc) is 2.77. The van der Waals surface area contributed by atoms with Crippen LogP contribution in [0.5, 0.6) is 0 Å². The molecule has 0 aliphatic rings. The van der Waals surface area contributed by atoms with Crippen LogP contribution in [0.25, 0.3) is 0 Å². The Kier molecular flexibility index (Phi) is 3.30. The number of H-pyrrole nitrogens is 1. The Morgan fingerprint density at radius 3 is 2.61 bits per heavy atom. The maximum Gasteiger partial charge on any atom is 0.280 e. The van der Waals surface area contributed by atoms with E-state index in [1.54, 1.807) is 19.1 Å². The summed E-state index contributed by atoms with van der Waals surface area (Å²) < 4.78 is 26.2. The first-order chi connectivity index (χ1) is 8.51. The van der Waals surface area contributed by atoms with E-state index >= 15 is 0 Å². The van der Waals surface area contributed by atoms with Crippen LogP contribution in [0.15, 0.2) is 29.6 Å². The molecule has 2 heterocycles. The lowest BCUT2D eigenvalue weighted by atomic mass is 10.3. The topological polar surface area (TPSA) is 114 Å².